The Kier molecular flexibility index (Phi) is 3.56. The molecule has 1 N–H and O–H groups in total. The lowest BCUT2D eigenvalue weighted by molar-refractivity contribution is 0.0411. The summed E-state index contributed by atoms with van der Waals surface area (Å²) in [6.45, 7) is 2.29. The van der Waals surface area contributed by atoms with Crippen LogP contribution in [0.5, 0.6) is 0 Å². The molecule has 0 radical (unpaired) electrons. The van der Waals surface area contributed by atoms with Crippen molar-refractivity contribution in [3.05, 3.63) is 33.7 Å². The predicted molar refractivity (Wildman–Crippen MR) is 66.8 cm³/mol. The first kappa shape index (κ1) is 13.3. The van der Waals surface area contributed by atoms with E-state index in [1.54, 1.807) is 19.2 Å². The predicted octanol–water partition coefficient (Wildman–Crippen LogP) is -0.488. The SMILES string of the molecule is Cc1ccc(CNS(=O)(=O)C2COC2)c(=O)n1C. The van der Waals surface area contributed by atoms with Gasteiger partial charge in [0, 0.05) is 24.8 Å². The van der Waals surface area contributed by atoms with Crippen LogP contribution in [0, 0.1) is 6.92 Å². The van der Waals surface area contributed by atoms with E-state index >= 15 is 0 Å². The number of nitrogens with zero attached hydrogens (tertiary/aromatic N) is 1. The Hall–Kier alpha value is -1.18. The van der Waals surface area contributed by atoms with Gasteiger partial charge in [-0.3, -0.25) is 4.79 Å². The summed E-state index contributed by atoms with van der Waals surface area (Å²) in [5, 5.41) is -0.494. The number of ether oxygens (including phenoxy) is 1. The summed E-state index contributed by atoms with van der Waals surface area (Å²) >= 11 is 0. The average Bonchev–Trinajstić information content (AvgIpc) is 2.22. The molecular weight excluding hydrogens is 256 g/mol. The first-order valence-corrected chi connectivity index (χ1v) is 7.18. The normalized spacial score (nSPS) is 16.6. The minimum absolute atomic E-state index is 0.0196. The largest absolute Gasteiger partial charge is 0.378 e. The van der Waals surface area contributed by atoms with Gasteiger partial charge < -0.3 is 9.30 Å². The molecule has 0 spiro atoms. The van der Waals surface area contributed by atoms with Gasteiger partial charge in [0.2, 0.25) is 10.0 Å². The van der Waals surface area contributed by atoms with Crippen molar-refractivity contribution in [2.75, 3.05) is 13.2 Å². The van der Waals surface area contributed by atoms with Crippen LogP contribution in [0.3, 0.4) is 0 Å². The van der Waals surface area contributed by atoms with Gasteiger partial charge in [0.25, 0.3) is 5.56 Å². The van der Waals surface area contributed by atoms with Gasteiger partial charge in [-0.25, -0.2) is 13.1 Å². The van der Waals surface area contributed by atoms with Gasteiger partial charge in [0.15, 0.2) is 0 Å². The van der Waals surface area contributed by atoms with E-state index in [1.807, 2.05) is 6.92 Å². The Morgan fingerprint density at radius 2 is 2.11 bits per heavy atom. The van der Waals surface area contributed by atoms with E-state index in [2.05, 4.69) is 4.72 Å². The molecule has 18 heavy (non-hydrogen) atoms. The third kappa shape index (κ3) is 2.47. The maximum atomic E-state index is 11.9. The molecule has 6 nitrogen and oxygen atoms in total. The van der Waals surface area contributed by atoms with Crippen molar-refractivity contribution in [1.82, 2.24) is 9.29 Å². The molecule has 2 heterocycles. The van der Waals surface area contributed by atoms with Crippen LogP contribution in [-0.2, 0) is 28.4 Å². The van der Waals surface area contributed by atoms with Gasteiger partial charge in [-0.2, -0.15) is 0 Å². The zero-order valence-electron chi connectivity index (χ0n) is 10.3. The summed E-state index contributed by atoms with van der Waals surface area (Å²) in [6.07, 6.45) is 0. The molecule has 0 bridgehead atoms. The molecule has 0 amide bonds. The van der Waals surface area contributed by atoms with Crippen LogP contribution in [0.25, 0.3) is 0 Å². The lowest BCUT2D eigenvalue weighted by atomic mass is 10.2. The van der Waals surface area contributed by atoms with Crippen molar-refractivity contribution >= 4 is 10.0 Å². The molecule has 1 aliphatic rings. The Balaban J connectivity index is 2.11. The van der Waals surface area contributed by atoms with Crippen molar-refractivity contribution in [3.8, 4) is 0 Å². The number of rotatable bonds is 4. The Labute approximate surface area is 106 Å². The van der Waals surface area contributed by atoms with Gasteiger partial charge in [-0.15, -0.1) is 0 Å². The molecule has 1 aromatic heterocycles. The van der Waals surface area contributed by atoms with E-state index in [9.17, 15) is 13.2 Å². The van der Waals surface area contributed by atoms with Crippen molar-refractivity contribution in [2.45, 2.75) is 18.7 Å². The molecule has 1 fully saturated rings. The fraction of sp³-hybridized carbons (Fsp3) is 0.545. The molecule has 1 aliphatic heterocycles. The molecule has 1 aromatic rings. The third-order valence-electron chi connectivity index (χ3n) is 3.14. The summed E-state index contributed by atoms with van der Waals surface area (Å²) in [5.74, 6) is 0. The molecule has 1 saturated heterocycles. The molecule has 0 saturated carbocycles. The molecular formula is C11H16N2O4S. The van der Waals surface area contributed by atoms with Crippen molar-refractivity contribution in [3.63, 3.8) is 0 Å². The number of hydrogen-bond donors (Lipinski definition) is 1. The van der Waals surface area contributed by atoms with E-state index in [4.69, 9.17) is 4.74 Å². The Morgan fingerprint density at radius 3 is 2.67 bits per heavy atom. The van der Waals surface area contributed by atoms with E-state index in [0.29, 0.717) is 5.56 Å². The molecule has 100 valence electrons. The molecule has 0 aromatic carbocycles. The van der Waals surface area contributed by atoms with Gasteiger partial charge in [0.1, 0.15) is 5.25 Å². The second kappa shape index (κ2) is 4.83. The van der Waals surface area contributed by atoms with Crippen molar-refractivity contribution < 1.29 is 13.2 Å². The van der Waals surface area contributed by atoms with E-state index in [-0.39, 0.29) is 25.3 Å². The van der Waals surface area contributed by atoms with Crippen LogP contribution >= 0.6 is 0 Å². The summed E-state index contributed by atoms with van der Waals surface area (Å²) < 4.78 is 32.3. The zero-order chi connectivity index (χ0) is 13.3. The van der Waals surface area contributed by atoms with Crippen LogP contribution in [0.1, 0.15) is 11.3 Å². The van der Waals surface area contributed by atoms with Crippen LogP contribution in [0.2, 0.25) is 0 Å². The average molecular weight is 272 g/mol. The Bertz CT molecular complexity index is 602. The molecule has 2 rings (SSSR count). The number of hydrogen-bond acceptors (Lipinski definition) is 4. The highest BCUT2D eigenvalue weighted by Crippen LogP contribution is 2.10. The van der Waals surface area contributed by atoms with E-state index in [0.717, 1.165) is 5.69 Å². The number of sulfonamides is 1. The second-order valence-electron chi connectivity index (χ2n) is 4.39. The standard InChI is InChI=1S/C11H16N2O4S/c1-8-3-4-9(11(14)13(8)2)5-12-18(15,16)10-6-17-7-10/h3-4,10,12H,5-7H2,1-2H3. The second-order valence-corrected chi connectivity index (χ2v) is 6.44. The smallest absolute Gasteiger partial charge is 0.255 e. The lowest BCUT2D eigenvalue weighted by Gasteiger charge is -2.25. The summed E-state index contributed by atoms with van der Waals surface area (Å²) in [4.78, 5) is 11.9. The van der Waals surface area contributed by atoms with Crippen LogP contribution in [0.15, 0.2) is 16.9 Å². The molecule has 7 heteroatoms. The first-order valence-electron chi connectivity index (χ1n) is 5.63. The third-order valence-corrected chi connectivity index (χ3v) is 4.84. The van der Waals surface area contributed by atoms with Gasteiger partial charge in [-0.05, 0) is 13.0 Å². The summed E-state index contributed by atoms with van der Waals surface area (Å²) in [5.41, 5.74) is 1.09. The van der Waals surface area contributed by atoms with Crippen LogP contribution in [-0.4, -0.2) is 31.4 Å². The minimum Gasteiger partial charge on any atom is -0.378 e. The van der Waals surface area contributed by atoms with Gasteiger partial charge in [0.05, 0.1) is 13.2 Å². The highest BCUT2D eigenvalue weighted by Gasteiger charge is 2.32. The number of pyridine rings is 1. The highest BCUT2D eigenvalue weighted by molar-refractivity contribution is 7.90. The maximum Gasteiger partial charge on any atom is 0.255 e. The molecule has 0 unspecified atom stereocenters. The minimum atomic E-state index is -3.38. The van der Waals surface area contributed by atoms with Crippen molar-refractivity contribution in [1.29, 1.82) is 0 Å². The maximum absolute atomic E-state index is 11.9. The van der Waals surface area contributed by atoms with Gasteiger partial charge in [-0.1, -0.05) is 6.07 Å². The van der Waals surface area contributed by atoms with Crippen LogP contribution < -0.4 is 10.3 Å². The molecule has 0 aliphatic carbocycles. The van der Waals surface area contributed by atoms with E-state index < -0.39 is 15.3 Å². The number of nitrogens with one attached hydrogen (secondary N) is 1. The fourth-order valence-corrected chi connectivity index (χ4v) is 2.75. The zero-order valence-corrected chi connectivity index (χ0v) is 11.2. The summed E-state index contributed by atoms with van der Waals surface area (Å²) in [6, 6.07) is 3.44. The fourth-order valence-electron chi connectivity index (χ4n) is 1.60. The Morgan fingerprint density at radius 1 is 1.44 bits per heavy atom. The quantitative estimate of drug-likeness (QED) is 0.802. The summed E-state index contributed by atoms with van der Waals surface area (Å²) in [7, 11) is -1.72. The molecule has 0 atom stereocenters. The van der Waals surface area contributed by atoms with Crippen LogP contribution in [0.4, 0.5) is 0 Å². The first-order chi connectivity index (χ1) is 8.42. The topological polar surface area (TPSA) is 77.4 Å². The van der Waals surface area contributed by atoms with E-state index in [1.165, 1.54) is 4.57 Å². The highest BCUT2D eigenvalue weighted by atomic mass is 32.2. The number of aryl methyl sites for hydroxylation is 1. The van der Waals surface area contributed by atoms with Crippen molar-refractivity contribution in [2.24, 2.45) is 7.05 Å². The lowest BCUT2D eigenvalue weighted by Crippen LogP contribution is -2.47. The van der Waals surface area contributed by atoms with Gasteiger partial charge >= 0.3 is 0 Å². The monoisotopic (exact) mass is 272 g/mol. The number of aromatic nitrogens is 1.